The number of hydrogen-bond donors (Lipinski definition) is 2. The zero-order valence-electron chi connectivity index (χ0n) is 12.2. The van der Waals surface area contributed by atoms with Gasteiger partial charge in [-0.15, -0.1) is 0 Å². The van der Waals surface area contributed by atoms with E-state index in [0.29, 0.717) is 12.0 Å². The van der Waals surface area contributed by atoms with Crippen LogP contribution in [0.5, 0.6) is 0 Å². The predicted molar refractivity (Wildman–Crippen MR) is 83.8 cm³/mol. The number of anilines is 1. The number of nitrogens with one attached hydrogen (secondary N) is 1. The molecule has 21 heavy (non-hydrogen) atoms. The number of hydrogen-bond acceptors (Lipinski definition) is 4. The highest BCUT2D eigenvalue weighted by molar-refractivity contribution is 7.89. The summed E-state index contributed by atoms with van der Waals surface area (Å²) in [7, 11) is -3.60. The van der Waals surface area contributed by atoms with Crippen molar-refractivity contribution in [2.45, 2.75) is 36.6 Å². The molecule has 0 bridgehead atoms. The summed E-state index contributed by atoms with van der Waals surface area (Å²) in [6.07, 6.45) is 5.04. The average molecular weight is 309 g/mol. The van der Waals surface area contributed by atoms with Crippen molar-refractivity contribution in [1.82, 2.24) is 5.32 Å². The molecule has 0 saturated carbocycles. The molecule has 2 fully saturated rings. The average Bonchev–Trinajstić information content (AvgIpc) is 3.01. The number of benzene rings is 1. The van der Waals surface area contributed by atoms with E-state index in [9.17, 15) is 8.42 Å². The molecule has 2 aliphatic rings. The Labute approximate surface area is 126 Å². The molecule has 2 heterocycles. The second kappa shape index (κ2) is 5.94. The van der Waals surface area contributed by atoms with Crippen LogP contribution in [0.4, 0.5) is 5.69 Å². The van der Waals surface area contributed by atoms with E-state index in [1.54, 1.807) is 12.1 Å². The molecule has 1 aromatic rings. The van der Waals surface area contributed by atoms with Crippen molar-refractivity contribution in [3.8, 4) is 0 Å². The molecule has 0 aromatic heterocycles. The van der Waals surface area contributed by atoms with E-state index in [-0.39, 0.29) is 4.90 Å². The van der Waals surface area contributed by atoms with Gasteiger partial charge in [-0.1, -0.05) is 0 Å². The summed E-state index contributed by atoms with van der Waals surface area (Å²) >= 11 is 0. The lowest BCUT2D eigenvalue weighted by Gasteiger charge is -2.37. The number of sulfonamides is 1. The smallest absolute Gasteiger partial charge is 0.238 e. The molecular weight excluding hydrogens is 286 g/mol. The lowest BCUT2D eigenvalue weighted by atomic mass is 9.89. The molecule has 3 N–H and O–H groups in total. The first-order valence-electron chi connectivity index (χ1n) is 7.65. The normalized spacial score (nSPS) is 27.0. The van der Waals surface area contributed by atoms with E-state index in [0.717, 1.165) is 25.3 Å². The summed E-state index contributed by atoms with van der Waals surface area (Å²) in [5.41, 5.74) is 1.09. The van der Waals surface area contributed by atoms with Crippen LogP contribution in [0.15, 0.2) is 29.2 Å². The van der Waals surface area contributed by atoms with Gasteiger partial charge in [0.25, 0.3) is 0 Å². The fourth-order valence-corrected chi connectivity index (χ4v) is 4.05. The Balaban J connectivity index is 1.71. The zero-order chi connectivity index (χ0) is 14.9. The Hall–Kier alpha value is -1.11. The second-order valence-corrected chi connectivity index (χ2v) is 7.65. The standard InChI is InChI=1S/C15H23N3O2S/c16-21(19,20)14-7-5-13(6-8-14)18-10-2-3-12(11-18)15-4-1-9-17-15/h5-8,12,15,17H,1-4,9-11H2,(H2,16,19,20). The molecule has 3 rings (SSSR count). The van der Waals surface area contributed by atoms with Crippen LogP contribution in [-0.4, -0.2) is 34.1 Å². The summed E-state index contributed by atoms with van der Waals surface area (Å²) in [5.74, 6) is 0.694. The van der Waals surface area contributed by atoms with Gasteiger partial charge >= 0.3 is 0 Å². The summed E-state index contributed by atoms with van der Waals surface area (Å²) in [6.45, 7) is 3.23. The van der Waals surface area contributed by atoms with E-state index < -0.39 is 10.0 Å². The van der Waals surface area contributed by atoms with E-state index >= 15 is 0 Å². The maximum Gasteiger partial charge on any atom is 0.238 e. The number of rotatable bonds is 3. The molecule has 2 atom stereocenters. The highest BCUT2D eigenvalue weighted by Gasteiger charge is 2.29. The quantitative estimate of drug-likeness (QED) is 0.882. The number of primary sulfonamides is 1. The molecule has 1 aromatic carbocycles. The van der Waals surface area contributed by atoms with Gasteiger partial charge in [0, 0.05) is 24.8 Å². The number of nitrogens with two attached hydrogens (primary N) is 1. The van der Waals surface area contributed by atoms with Crippen LogP contribution in [0.3, 0.4) is 0 Å². The monoisotopic (exact) mass is 309 g/mol. The second-order valence-electron chi connectivity index (χ2n) is 6.09. The maximum absolute atomic E-state index is 11.3. The topological polar surface area (TPSA) is 75.4 Å². The minimum atomic E-state index is -3.60. The van der Waals surface area contributed by atoms with Crippen LogP contribution in [0.2, 0.25) is 0 Å². The van der Waals surface area contributed by atoms with Crippen LogP contribution in [0, 0.1) is 5.92 Å². The fraction of sp³-hybridized carbons (Fsp3) is 0.600. The summed E-state index contributed by atoms with van der Waals surface area (Å²) in [6, 6.07) is 7.58. The Morgan fingerprint density at radius 3 is 2.52 bits per heavy atom. The van der Waals surface area contributed by atoms with Gasteiger partial charge in [0.1, 0.15) is 0 Å². The molecule has 2 saturated heterocycles. The third kappa shape index (κ3) is 3.39. The first-order valence-corrected chi connectivity index (χ1v) is 9.20. The molecule has 5 nitrogen and oxygen atoms in total. The minimum Gasteiger partial charge on any atom is -0.371 e. The molecule has 0 aliphatic carbocycles. The van der Waals surface area contributed by atoms with Crippen LogP contribution < -0.4 is 15.4 Å². The van der Waals surface area contributed by atoms with Crippen molar-refractivity contribution in [1.29, 1.82) is 0 Å². The zero-order valence-corrected chi connectivity index (χ0v) is 13.0. The first kappa shape index (κ1) is 14.8. The van der Waals surface area contributed by atoms with E-state index in [1.807, 2.05) is 12.1 Å². The Bertz CT molecular complexity index is 579. The van der Waals surface area contributed by atoms with Gasteiger partial charge in [-0.3, -0.25) is 0 Å². The van der Waals surface area contributed by atoms with Crippen LogP contribution >= 0.6 is 0 Å². The van der Waals surface area contributed by atoms with Crippen molar-refractivity contribution >= 4 is 15.7 Å². The number of piperidine rings is 1. The minimum absolute atomic E-state index is 0.178. The third-order valence-electron chi connectivity index (χ3n) is 4.66. The van der Waals surface area contributed by atoms with Gasteiger partial charge in [0.2, 0.25) is 10.0 Å². The Morgan fingerprint density at radius 2 is 1.90 bits per heavy atom. The summed E-state index contributed by atoms with van der Waals surface area (Å²) in [5, 5.41) is 8.75. The van der Waals surface area contributed by atoms with Crippen molar-refractivity contribution in [2.24, 2.45) is 11.1 Å². The van der Waals surface area contributed by atoms with Gasteiger partial charge in [0.15, 0.2) is 0 Å². The van der Waals surface area contributed by atoms with Crippen molar-refractivity contribution < 1.29 is 8.42 Å². The lowest BCUT2D eigenvalue weighted by molar-refractivity contribution is 0.329. The molecule has 0 spiro atoms. The van der Waals surface area contributed by atoms with E-state index in [4.69, 9.17) is 5.14 Å². The molecule has 0 amide bonds. The van der Waals surface area contributed by atoms with Crippen LogP contribution in [0.25, 0.3) is 0 Å². The van der Waals surface area contributed by atoms with Gasteiger partial charge in [-0.25, -0.2) is 13.6 Å². The number of nitrogens with zero attached hydrogens (tertiary/aromatic N) is 1. The first-order chi connectivity index (χ1) is 10.0. The highest BCUT2D eigenvalue weighted by Crippen LogP contribution is 2.28. The van der Waals surface area contributed by atoms with Crippen molar-refractivity contribution in [3.05, 3.63) is 24.3 Å². The lowest BCUT2D eigenvalue weighted by Crippen LogP contribution is -2.43. The van der Waals surface area contributed by atoms with Crippen LogP contribution in [0.1, 0.15) is 25.7 Å². The summed E-state index contributed by atoms with van der Waals surface area (Å²) < 4.78 is 22.6. The Morgan fingerprint density at radius 1 is 1.14 bits per heavy atom. The van der Waals surface area contributed by atoms with Gasteiger partial charge in [-0.2, -0.15) is 0 Å². The molecular formula is C15H23N3O2S. The van der Waals surface area contributed by atoms with Crippen molar-refractivity contribution in [3.63, 3.8) is 0 Å². The van der Waals surface area contributed by atoms with E-state index in [2.05, 4.69) is 10.2 Å². The van der Waals surface area contributed by atoms with Gasteiger partial charge in [-0.05, 0) is 62.4 Å². The highest BCUT2D eigenvalue weighted by atomic mass is 32.2. The molecule has 116 valence electrons. The summed E-state index contributed by atoms with van der Waals surface area (Å²) in [4.78, 5) is 2.54. The maximum atomic E-state index is 11.3. The van der Waals surface area contributed by atoms with E-state index in [1.165, 1.54) is 25.7 Å². The fourth-order valence-electron chi connectivity index (χ4n) is 3.53. The Kier molecular flexibility index (Phi) is 4.19. The SMILES string of the molecule is NS(=O)(=O)c1ccc(N2CCCC(C3CCCN3)C2)cc1. The third-order valence-corrected chi connectivity index (χ3v) is 5.58. The largest absolute Gasteiger partial charge is 0.371 e. The molecule has 2 unspecified atom stereocenters. The molecule has 6 heteroatoms. The van der Waals surface area contributed by atoms with Crippen molar-refractivity contribution in [2.75, 3.05) is 24.5 Å². The molecule has 2 aliphatic heterocycles. The van der Waals surface area contributed by atoms with Gasteiger partial charge in [0.05, 0.1) is 4.90 Å². The van der Waals surface area contributed by atoms with Gasteiger partial charge < -0.3 is 10.2 Å². The molecule has 0 radical (unpaired) electrons. The predicted octanol–water partition coefficient (Wildman–Crippen LogP) is 1.30. The van der Waals surface area contributed by atoms with Crippen LogP contribution in [-0.2, 0) is 10.0 Å².